The van der Waals surface area contributed by atoms with Gasteiger partial charge in [-0.2, -0.15) is 0 Å². The zero-order valence-corrected chi connectivity index (χ0v) is 30.9. The van der Waals surface area contributed by atoms with Gasteiger partial charge in [0.15, 0.2) is 5.82 Å². The van der Waals surface area contributed by atoms with E-state index >= 15 is 0 Å². The van der Waals surface area contributed by atoms with Crippen LogP contribution in [0.3, 0.4) is 0 Å². The Bertz CT molecular complexity index is 3120. The van der Waals surface area contributed by atoms with Crippen LogP contribution < -0.4 is 0 Å². The number of para-hydroxylation sites is 1. The SMILES string of the molecule is c1ccc(-c2cc(-c3ccc(-c4nc5ccccc5c5cc6c(cc45)-c4ccccc4C64c5ccccc5-c5ccccc54)cc3)nc(-c3ccccc3)n2)cc1. The Labute approximate surface area is 330 Å². The van der Waals surface area contributed by atoms with Crippen LogP contribution in [0.4, 0.5) is 0 Å². The van der Waals surface area contributed by atoms with E-state index in [1.807, 2.05) is 36.4 Å². The van der Waals surface area contributed by atoms with Crippen molar-refractivity contribution in [3.05, 3.63) is 222 Å². The van der Waals surface area contributed by atoms with Crippen molar-refractivity contribution in [3.8, 4) is 67.4 Å². The Balaban J connectivity index is 1.06. The lowest BCUT2D eigenvalue weighted by molar-refractivity contribution is 0.795. The lowest BCUT2D eigenvalue weighted by Gasteiger charge is -2.30. The lowest BCUT2D eigenvalue weighted by atomic mass is 9.70. The molecule has 0 unspecified atom stereocenters. The first kappa shape index (κ1) is 31.8. The molecule has 1 spiro atoms. The number of fused-ring (bicyclic) bond motifs is 13. The number of aromatic nitrogens is 3. The monoisotopic (exact) mass is 723 g/mol. The van der Waals surface area contributed by atoms with Crippen molar-refractivity contribution in [2.75, 3.05) is 0 Å². The summed E-state index contributed by atoms with van der Waals surface area (Å²) < 4.78 is 0. The number of hydrogen-bond acceptors (Lipinski definition) is 3. The molecule has 0 atom stereocenters. The van der Waals surface area contributed by atoms with Crippen LogP contribution in [0.25, 0.3) is 89.1 Å². The molecule has 0 amide bonds. The van der Waals surface area contributed by atoms with E-state index in [1.165, 1.54) is 49.9 Å². The molecule has 0 fully saturated rings. The molecule has 0 radical (unpaired) electrons. The fraction of sp³-hybridized carbons (Fsp3) is 0.0185. The molecule has 2 heterocycles. The molecule has 0 N–H and O–H groups in total. The first-order valence-corrected chi connectivity index (χ1v) is 19.5. The van der Waals surface area contributed by atoms with Gasteiger partial charge < -0.3 is 0 Å². The third kappa shape index (κ3) is 4.63. The van der Waals surface area contributed by atoms with Gasteiger partial charge in [0, 0.05) is 33.0 Å². The molecule has 2 aliphatic carbocycles. The van der Waals surface area contributed by atoms with Gasteiger partial charge in [-0.15, -0.1) is 0 Å². The summed E-state index contributed by atoms with van der Waals surface area (Å²) >= 11 is 0. The molecule has 3 heteroatoms. The first-order valence-electron chi connectivity index (χ1n) is 19.5. The quantitative estimate of drug-likeness (QED) is 0.170. The summed E-state index contributed by atoms with van der Waals surface area (Å²) in [6.45, 7) is 0. The number of rotatable bonds is 4. The molecule has 12 rings (SSSR count). The Hall–Kier alpha value is -7.49. The third-order valence-electron chi connectivity index (χ3n) is 12.1. The Morgan fingerprint density at radius 2 is 0.789 bits per heavy atom. The molecule has 0 saturated heterocycles. The summed E-state index contributed by atoms with van der Waals surface area (Å²) in [5.41, 5.74) is 18.0. The zero-order chi connectivity index (χ0) is 37.5. The Kier molecular flexibility index (Phi) is 6.84. The van der Waals surface area contributed by atoms with Gasteiger partial charge in [0.05, 0.1) is 28.0 Å². The van der Waals surface area contributed by atoms with Gasteiger partial charge in [0.25, 0.3) is 0 Å². The number of nitrogens with zero attached hydrogens (tertiary/aromatic N) is 3. The minimum Gasteiger partial charge on any atom is -0.247 e. The molecular weight excluding hydrogens is 691 g/mol. The summed E-state index contributed by atoms with van der Waals surface area (Å²) in [5, 5.41) is 3.51. The van der Waals surface area contributed by atoms with Gasteiger partial charge in [-0.25, -0.2) is 15.0 Å². The number of hydrogen-bond donors (Lipinski definition) is 0. The molecule has 10 aromatic rings. The van der Waals surface area contributed by atoms with Crippen molar-refractivity contribution in [2.45, 2.75) is 5.41 Å². The van der Waals surface area contributed by atoms with Crippen molar-refractivity contribution < 1.29 is 0 Å². The molecule has 57 heavy (non-hydrogen) atoms. The van der Waals surface area contributed by atoms with E-state index in [0.29, 0.717) is 5.82 Å². The normalized spacial score (nSPS) is 13.1. The van der Waals surface area contributed by atoms with Gasteiger partial charge in [0.1, 0.15) is 0 Å². The summed E-state index contributed by atoms with van der Waals surface area (Å²) in [4.78, 5) is 15.5. The standard InChI is InChI=1S/C54H33N3/c1-3-15-34(16-4-1)50-33-51(57-53(56-50)37-17-5-2-6-18-37)35-27-29-36(30-28-35)52-44-31-43-40-21-9-13-25-47(40)54(48(43)32-42(44)41-22-10-14-26-49(41)55-52)45-23-11-7-19-38(45)39-20-8-12-24-46(39)54/h1-33H. The summed E-state index contributed by atoms with van der Waals surface area (Å²) in [7, 11) is 0. The van der Waals surface area contributed by atoms with Crippen LogP contribution in [0.2, 0.25) is 0 Å². The van der Waals surface area contributed by atoms with Crippen LogP contribution in [-0.4, -0.2) is 15.0 Å². The molecule has 2 aromatic heterocycles. The van der Waals surface area contributed by atoms with Crippen molar-refractivity contribution in [2.24, 2.45) is 0 Å². The maximum atomic E-state index is 5.40. The van der Waals surface area contributed by atoms with E-state index in [0.717, 1.165) is 55.6 Å². The molecule has 0 aliphatic heterocycles. The molecule has 0 bridgehead atoms. The highest BCUT2D eigenvalue weighted by molar-refractivity contribution is 6.14. The van der Waals surface area contributed by atoms with Crippen molar-refractivity contribution >= 4 is 21.7 Å². The van der Waals surface area contributed by atoms with Crippen LogP contribution in [0.15, 0.2) is 200 Å². The van der Waals surface area contributed by atoms with Gasteiger partial charge in [0.2, 0.25) is 0 Å². The Morgan fingerprint density at radius 1 is 0.298 bits per heavy atom. The molecule has 264 valence electrons. The maximum absolute atomic E-state index is 5.40. The minimum absolute atomic E-state index is 0.408. The molecular formula is C54H33N3. The van der Waals surface area contributed by atoms with Crippen LogP contribution in [0.1, 0.15) is 22.3 Å². The molecule has 0 saturated carbocycles. The highest BCUT2D eigenvalue weighted by Gasteiger charge is 2.51. The number of benzene rings is 8. The van der Waals surface area contributed by atoms with E-state index < -0.39 is 5.41 Å². The largest absolute Gasteiger partial charge is 0.247 e. The molecule has 8 aromatic carbocycles. The van der Waals surface area contributed by atoms with E-state index in [4.69, 9.17) is 15.0 Å². The second-order valence-corrected chi connectivity index (χ2v) is 15.1. The van der Waals surface area contributed by atoms with Gasteiger partial charge in [-0.3, -0.25) is 0 Å². The second kappa shape index (κ2) is 12.3. The first-order chi connectivity index (χ1) is 28.3. The topological polar surface area (TPSA) is 38.7 Å². The summed E-state index contributed by atoms with van der Waals surface area (Å²) in [6.07, 6.45) is 0. The summed E-state index contributed by atoms with van der Waals surface area (Å²) in [6, 6.07) is 71.9. The van der Waals surface area contributed by atoms with Crippen molar-refractivity contribution in [1.82, 2.24) is 15.0 Å². The highest BCUT2D eigenvalue weighted by Crippen LogP contribution is 2.63. The predicted molar refractivity (Wildman–Crippen MR) is 233 cm³/mol. The Morgan fingerprint density at radius 3 is 1.42 bits per heavy atom. The maximum Gasteiger partial charge on any atom is 0.160 e. The molecule has 2 aliphatic rings. The van der Waals surface area contributed by atoms with Crippen molar-refractivity contribution in [1.29, 1.82) is 0 Å². The lowest BCUT2D eigenvalue weighted by Crippen LogP contribution is -2.25. The minimum atomic E-state index is -0.408. The second-order valence-electron chi connectivity index (χ2n) is 15.1. The average Bonchev–Trinajstić information content (AvgIpc) is 3.75. The highest BCUT2D eigenvalue weighted by atomic mass is 14.9. The fourth-order valence-corrected chi connectivity index (χ4v) is 9.62. The van der Waals surface area contributed by atoms with E-state index in [9.17, 15) is 0 Å². The van der Waals surface area contributed by atoms with Gasteiger partial charge in [-0.1, -0.05) is 176 Å². The van der Waals surface area contributed by atoms with E-state index in [2.05, 4.69) is 164 Å². The summed E-state index contributed by atoms with van der Waals surface area (Å²) in [5.74, 6) is 0.706. The van der Waals surface area contributed by atoms with Crippen LogP contribution >= 0.6 is 0 Å². The van der Waals surface area contributed by atoms with E-state index in [-0.39, 0.29) is 0 Å². The van der Waals surface area contributed by atoms with Crippen molar-refractivity contribution in [3.63, 3.8) is 0 Å². The zero-order valence-electron chi connectivity index (χ0n) is 30.9. The van der Waals surface area contributed by atoms with Crippen LogP contribution in [0, 0.1) is 0 Å². The van der Waals surface area contributed by atoms with Crippen LogP contribution in [0.5, 0.6) is 0 Å². The van der Waals surface area contributed by atoms with E-state index in [1.54, 1.807) is 0 Å². The van der Waals surface area contributed by atoms with Gasteiger partial charge >= 0.3 is 0 Å². The van der Waals surface area contributed by atoms with Crippen LogP contribution in [-0.2, 0) is 5.41 Å². The fourth-order valence-electron chi connectivity index (χ4n) is 9.62. The third-order valence-corrected chi connectivity index (χ3v) is 12.1. The number of pyridine rings is 1. The predicted octanol–water partition coefficient (Wildman–Crippen LogP) is 13.2. The van der Waals surface area contributed by atoms with Gasteiger partial charge in [-0.05, 0) is 74.2 Å². The smallest absolute Gasteiger partial charge is 0.160 e. The average molecular weight is 724 g/mol. The molecule has 3 nitrogen and oxygen atoms in total.